The number of piperazine rings is 1. The number of hydrogen-bond acceptors (Lipinski definition) is 6. The molecule has 8 heteroatoms. The number of nitrogens with zero attached hydrogens (tertiary/aromatic N) is 6. The van der Waals surface area contributed by atoms with Crippen molar-refractivity contribution in [1.82, 2.24) is 28.7 Å². The normalized spacial score (nSPS) is 16.1. The lowest BCUT2D eigenvalue weighted by Gasteiger charge is -2.32. The summed E-state index contributed by atoms with van der Waals surface area (Å²) in [6, 6.07) is 3.76. The average Bonchev–Trinajstić information content (AvgIpc) is 3.08. The number of aryl methyl sites for hydroxylation is 3. The smallest absolute Gasteiger partial charge is 0.277 e. The molecule has 0 atom stereocenters. The molecule has 1 saturated heterocycles. The van der Waals surface area contributed by atoms with Gasteiger partial charge in [-0.15, -0.1) is 0 Å². The summed E-state index contributed by atoms with van der Waals surface area (Å²) in [5.74, 6) is 1.39. The second-order valence-corrected chi connectivity index (χ2v) is 7.80. The van der Waals surface area contributed by atoms with Crippen LogP contribution >= 0.6 is 0 Å². The topological polar surface area (TPSA) is 67.9 Å². The summed E-state index contributed by atoms with van der Waals surface area (Å²) >= 11 is 0. The van der Waals surface area contributed by atoms with Gasteiger partial charge in [-0.25, -0.2) is 4.98 Å². The van der Waals surface area contributed by atoms with E-state index in [9.17, 15) is 4.79 Å². The molecule has 0 unspecified atom stereocenters. The van der Waals surface area contributed by atoms with Crippen LogP contribution in [-0.2, 0) is 13.0 Å². The monoisotopic (exact) mass is 398 g/mol. The number of aromatic nitrogens is 4. The zero-order chi connectivity index (χ0) is 20.5. The van der Waals surface area contributed by atoms with E-state index in [0.717, 1.165) is 68.2 Å². The molecular weight excluding hydrogens is 368 g/mol. The molecule has 1 aliphatic heterocycles. The Bertz CT molecular complexity index is 1080. The summed E-state index contributed by atoms with van der Waals surface area (Å²) in [4.78, 5) is 27.5. The van der Waals surface area contributed by atoms with Crippen LogP contribution in [0, 0.1) is 6.92 Å². The fraction of sp³-hybridized carbons (Fsp3) is 0.571. The van der Waals surface area contributed by atoms with Crippen LogP contribution in [0.25, 0.3) is 16.7 Å². The van der Waals surface area contributed by atoms with E-state index in [1.807, 2.05) is 34.9 Å². The first-order valence-corrected chi connectivity index (χ1v) is 10.4. The third kappa shape index (κ3) is 3.62. The van der Waals surface area contributed by atoms with Crippen LogP contribution in [0.2, 0.25) is 0 Å². The van der Waals surface area contributed by atoms with Crippen LogP contribution in [0.3, 0.4) is 0 Å². The lowest BCUT2D eigenvalue weighted by Crippen LogP contribution is -2.44. The molecule has 156 valence electrons. The van der Waals surface area contributed by atoms with Gasteiger partial charge in [0.2, 0.25) is 5.88 Å². The van der Waals surface area contributed by atoms with Gasteiger partial charge in [-0.1, -0.05) is 6.92 Å². The lowest BCUT2D eigenvalue weighted by atomic mass is 10.2. The summed E-state index contributed by atoms with van der Waals surface area (Å²) in [7, 11) is 3.77. The Kier molecular flexibility index (Phi) is 5.56. The number of hydrogen-bond donors (Lipinski definition) is 0. The van der Waals surface area contributed by atoms with Gasteiger partial charge in [-0.3, -0.25) is 9.20 Å². The predicted octanol–water partition coefficient (Wildman–Crippen LogP) is 1.56. The first-order valence-electron chi connectivity index (χ1n) is 10.4. The summed E-state index contributed by atoms with van der Waals surface area (Å²) < 4.78 is 9.12. The number of pyridine rings is 1. The van der Waals surface area contributed by atoms with Crippen molar-refractivity contribution < 1.29 is 4.74 Å². The Hall–Kier alpha value is -2.45. The Labute approximate surface area is 170 Å². The highest BCUT2D eigenvalue weighted by Gasteiger charge is 2.19. The average molecular weight is 399 g/mol. The Morgan fingerprint density at radius 3 is 2.55 bits per heavy atom. The third-order valence-electron chi connectivity index (χ3n) is 5.88. The summed E-state index contributed by atoms with van der Waals surface area (Å²) in [5, 5.41) is 0. The van der Waals surface area contributed by atoms with Gasteiger partial charge in [0.15, 0.2) is 5.65 Å². The molecule has 29 heavy (non-hydrogen) atoms. The van der Waals surface area contributed by atoms with Gasteiger partial charge in [0.1, 0.15) is 11.3 Å². The maximum atomic E-state index is 13.4. The maximum Gasteiger partial charge on any atom is 0.277 e. The van der Waals surface area contributed by atoms with Crippen molar-refractivity contribution in [2.75, 3.05) is 46.9 Å². The molecule has 0 aromatic carbocycles. The van der Waals surface area contributed by atoms with Gasteiger partial charge in [0, 0.05) is 45.2 Å². The minimum absolute atomic E-state index is 0.00699. The standard InChI is InChI=1S/C21H30N6O2/c1-5-17-22-15(2)19-21(28)26(10-6-9-25-13-11-24(3)12-14-25)16-7-8-18(29-4)23-20(16)27(17)19/h7-8H,5-6,9-14H2,1-4H3. The van der Waals surface area contributed by atoms with E-state index in [4.69, 9.17) is 4.74 Å². The van der Waals surface area contributed by atoms with Crippen molar-refractivity contribution in [2.45, 2.75) is 33.2 Å². The summed E-state index contributed by atoms with van der Waals surface area (Å²) in [6.07, 6.45) is 1.66. The zero-order valence-corrected chi connectivity index (χ0v) is 17.8. The molecule has 3 aromatic rings. The zero-order valence-electron chi connectivity index (χ0n) is 17.8. The van der Waals surface area contributed by atoms with Crippen LogP contribution in [0.1, 0.15) is 24.9 Å². The molecular formula is C21H30N6O2. The Balaban J connectivity index is 1.73. The number of likely N-dealkylation sites (N-methyl/N-ethyl adjacent to an activating group) is 1. The quantitative estimate of drug-likeness (QED) is 0.628. The van der Waals surface area contributed by atoms with Crippen molar-refractivity contribution >= 4 is 16.7 Å². The molecule has 0 radical (unpaired) electrons. The van der Waals surface area contributed by atoms with E-state index in [1.165, 1.54) is 0 Å². The van der Waals surface area contributed by atoms with Crippen molar-refractivity contribution in [2.24, 2.45) is 0 Å². The highest BCUT2D eigenvalue weighted by Crippen LogP contribution is 2.21. The molecule has 8 nitrogen and oxygen atoms in total. The van der Waals surface area contributed by atoms with E-state index in [-0.39, 0.29) is 5.56 Å². The van der Waals surface area contributed by atoms with Crippen LogP contribution in [0.5, 0.6) is 5.88 Å². The van der Waals surface area contributed by atoms with Gasteiger partial charge in [-0.05, 0) is 33.0 Å². The second kappa shape index (κ2) is 8.12. The highest BCUT2D eigenvalue weighted by molar-refractivity contribution is 5.77. The van der Waals surface area contributed by atoms with E-state index in [1.54, 1.807) is 7.11 Å². The van der Waals surface area contributed by atoms with Crippen LogP contribution in [-0.4, -0.2) is 75.6 Å². The molecule has 0 aliphatic carbocycles. The number of imidazole rings is 1. The molecule has 0 N–H and O–H groups in total. The molecule has 0 saturated carbocycles. The molecule has 1 fully saturated rings. The maximum absolute atomic E-state index is 13.4. The summed E-state index contributed by atoms with van der Waals surface area (Å²) in [5.41, 5.74) is 2.94. The van der Waals surface area contributed by atoms with Gasteiger partial charge >= 0.3 is 0 Å². The molecule has 3 aromatic heterocycles. The van der Waals surface area contributed by atoms with Crippen molar-refractivity contribution in [3.05, 3.63) is 34.0 Å². The van der Waals surface area contributed by atoms with E-state index < -0.39 is 0 Å². The molecule has 4 heterocycles. The van der Waals surface area contributed by atoms with Crippen LogP contribution in [0.4, 0.5) is 0 Å². The molecule has 0 amide bonds. The SMILES string of the molecule is CCc1nc(C)c2c(=O)n(CCCN3CCN(C)CC3)c3ccc(OC)nc3n12. The fourth-order valence-corrected chi connectivity index (χ4v) is 4.20. The summed E-state index contributed by atoms with van der Waals surface area (Å²) in [6.45, 7) is 9.99. The van der Waals surface area contributed by atoms with Crippen molar-refractivity contribution in [3.8, 4) is 5.88 Å². The second-order valence-electron chi connectivity index (χ2n) is 7.80. The Morgan fingerprint density at radius 2 is 1.86 bits per heavy atom. The first-order chi connectivity index (χ1) is 14.0. The molecule has 1 aliphatic rings. The van der Waals surface area contributed by atoms with Crippen molar-refractivity contribution in [3.63, 3.8) is 0 Å². The van der Waals surface area contributed by atoms with Crippen molar-refractivity contribution in [1.29, 1.82) is 0 Å². The third-order valence-corrected chi connectivity index (χ3v) is 5.88. The lowest BCUT2D eigenvalue weighted by molar-refractivity contribution is 0.151. The molecule has 0 spiro atoms. The van der Waals surface area contributed by atoms with Gasteiger partial charge in [0.05, 0.1) is 18.3 Å². The fourth-order valence-electron chi connectivity index (χ4n) is 4.20. The largest absolute Gasteiger partial charge is 0.481 e. The first kappa shape index (κ1) is 19.8. The van der Waals surface area contributed by atoms with E-state index >= 15 is 0 Å². The molecule has 4 rings (SSSR count). The van der Waals surface area contributed by atoms with Gasteiger partial charge in [0.25, 0.3) is 5.56 Å². The van der Waals surface area contributed by atoms with Gasteiger partial charge < -0.3 is 19.1 Å². The van der Waals surface area contributed by atoms with Gasteiger partial charge in [-0.2, -0.15) is 4.98 Å². The van der Waals surface area contributed by atoms with Crippen LogP contribution < -0.4 is 10.3 Å². The minimum atomic E-state index is 0.00699. The highest BCUT2D eigenvalue weighted by atomic mass is 16.5. The minimum Gasteiger partial charge on any atom is -0.481 e. The number of fused-ring (bicyclic) bond motifs is 3. The number of methoxy groups -OCH3 is 1. The number of rotatable bonds is 6. The predicted molar refractivity (Wildman–Crippen MR) is 114 cm³/mol. The molecule has 0 bridgehead atoms. The number of ether oxygens (including phenoxy) is 1. The van der Waals surface area contributed by atoms with E-state index in [0.29, 0.717) is 17.9 Å². The van der Waals surface area contributed by atoms with Crippen LogP contribution in [0.15, 0.2) is 16.9 Å². The van der Waals surface area contributed by atoms with E-state index in [2.05, 4.69) is 26.8 Å². The Morgan fingerprint density at radius 1 is 1.10 bits per heavy atom.